The van der Waals surface area contributed by atoms with E-state index in [1.54, 1.807) is 0 Å². The molecule has 100 valence electrons. The molecule has 4 nitrogen and oxygen atoms in total. The first kappa shape index (κ1) is 12.5. The highest BCUT2D eigenvalue weighted by atomic mass is 32.2. The van der Waals surface area contributed by atoms with E-state index in [0.717, 1.165) is 42.7 Å². The normalized spacial score (nSPS) is 28.1. The minimum atomic E-state index is 0.287. The molecule has 0 saturated carbocycles. The van der Waals surface area contributed by atoms with Gasteiger partial charge >= 0.3 is 0 Å². The van der Waals surface area contributed by atoms with Crippen molar-refractivity contribution in [3.05, 3.63) is 11.6 Å². The summed E-state index contributed by atoms with van der Waals surface area (Å²) in [5.41, 5.74) is 0. The second-order valence-electron chi connectivity index (χ2n) is 5.42. The van der Waals surface area contributed by atoms with Crippen LogP contribution in [0, 0.1) is 5.92 Å². The van der Waals surface area contributed by atoms with Crippen molar-refractivity contribution in [3.8, 4) is 0 Å². The number of nitrogens with zero attached hydrogens (tertiary/aromatic N) is 3. The molecule has 0 radical (unpaired) electrons. The Bertz CT molecular complexity index is 401. The van der Waals surface area contributed by atoms with Gasteiger partial charge in [0, 0.05) is 37.2 Å². The quantitative estimate of drug-likeness (QED) is 0.905. The highest BCUT2D eigenvalue weighted by Crippen LogP contribution is 2.28. The molecule has 2 atom stereocenters. The Balaban J connectivity index is 1.71. The summed E-state index contributed by atoms with van der Waals surface area (Å²) in [4.78, 5) is 0. The lowest BCUT2D eigenvalue weighted by Crippen LogP contribution is -2.25. The van der Waals surface area contributed by atoms with Gasteiger partial charge in [-0.25, -0.2) is 0 Å². The first-order valence-electron chi connectivity index (χ1n) is 7.00. The molecule has 3 rings (SSSR count). The van der Waals surface area contributed by atoms with Crippen LogP contribution >= 0.6 is 11.8 Å². The van der Waals surface area contributed by atoms with Gasteiger partial charge in [0.2, 0.25) is 0 Å². The summed E-state index contributed by atoms with van der Waals surface area (Å²) in [6, 6.07) is 0. The Morgan fingerprint density at radius 3 is 3.00 bits per heavy atom. The fraction of sp³-hybridized carbons (Fsp3) is 0.846. The third-order valence-electron chi connectivity index (χ3n) is 4.06. The van der Waals surface area contributed by atoms with Crippen LogP contribution in [0.5, 0.6) is 0 Å². The van der Waals surface area contributed by atoms with Crippen molar-refractivity contribution in [1.82, 2.24) is 14.8 Å². The van der Waals surface area contributed by atoms with Crippen molar-refractivity contribution >= 4 is 11.8 Å². The fourth-order valence-electron chi connectivity index (χ4n) is 2.92. The lowest BCUT2D eigenvalue weighted by Gasteiger charge is -2.25. The molecular weight excluding hydrogens is 246 g/mol. The first-order chi connectivity index (χ1) is 8.86. The number of aliphatic hydroxyl groups is 1. The lowest BCUT2D eigenvalue weighted by atomic mass is 10.00. The molecule has 0 amide bonds. The maximum absolute atomic E-state index is 9.31. The number of aryl methyl sites for hydroxylation is 1. The Kier molecular flexibility index (Phi) is 3.89. The van der Waals surface area contributed by atoms with Crippen LogP contribution in [0.4, 0.5) is 0 Å². The van der Waals surface area contributed by atoms with Gasteiger partial charge < -0.3 is 9.67 Å². The largest absolute Gasteiger partial charge is 0.396 e. The summed E-state index contributed by atoms with van der Waals surface area (Å²) in [5.74, 6) is 3.95. The standard InChI is InChI=1S/C13H21N3OS/c17-9-10-4-5-12-14-15-13(16(12)8-10)7-11-3-1-2-6-18-11/h10-11,17H,1-9H2. The number of aromatic nitrogens is 3. The number of hydrogen-bond donors (Lipinski definition) is 1. The van der Waals surface area contributed by atoms with E-state index in [2.05, 4.69) is 26.5 Å². The summed E-state index contributed by atoms with van der Waals surface area (Å²) < 4.78 is 2.26. The first-order valence-corrected chi connectivity index (χ1v) is 8.05. The van der Waals surface area contributed by atoms with Gasteiger partial charge in [-0.1, -0.05) is 6.42 Å². The van der Waals surface area contributed by atoms with E-state index in [1.807, 2.05) is 0 Å². The summed E-state index contributed by atoms with van der Waals surface area (Å²) in [5, 5.41) is 18.7. The maximum atomic E-state index is 9.31. The summed E-state index contributed by atoms with van der Waals surface area (Å²) in [6.45, 7) is 1.20. The van der Waals surface area contributed by atoms with Gasteiger partial charge in [0.25, 0.3) is 0 Å². The molecule has 5 heteroatoms. The molecule has 2 aliphatic rings. The van der Waals surface area contributed by atoms with Crippen LogP contribution in [0.2, 0.25) is 0 Å². The van der Waals surface area contributed by atoms with Crippen molar-refractivity contribution in [2.24, 2.45) is 5.92 Å². The van der Waals surface area contributed by atoms with Gasteiger partial charge in [0.1, 0.15) is 11.6 Å². The Labute approximate surface area is 112 Å². The molecule has 18 heavy (non-hydrogen) atoms. The second-order valence-corrected chi connectivity index (χ2v) is 6.83. The van der Waals surface area contributed by atoms with E-state index in [1.165, 1.54) is 25.0 Å². The second kappa shape index (κ2) is 5.61. The average molecular weight is 267 g/mol. The van der Waals surface area contributed by atoms with E-state index >= 15 is 0 Å². The zero-order chi connectivity index (χ0) is 12.4. The van der Waals surface area contributed by atoms with E-state index in [9.17, 15) is 5.11 Å². The number of hydrogen-bond acceptors (Lipinski definition) is 4. The molecule has 0 aromatic carbocycles. The molecule has 1 saturated heterocycles. The number of rotatable bonds is 3. The van der Waals surface area contributed by atoms with E-state index in [-0.39, 0.29) is 6.61 Å². The number of thioether (sulfide) groups is 1. The zero-order valence-corrected chi connectivity index (χ0v) is 11.5. The van der Waals surface area contributed by atoms with Crippen LogP contribution in [0.15, 0.2) is 0 Å². The SMILES string of the molecule is OCC1CCc2nnc(CC3CCCCS3)n2C1. The Hall–Kier alpha value is -0.550. The Morgan fingerprint density at radius 1 is 1.28 bits per heavy atom. The molecule has 1 fully saturated rings. The molecule has 2 unspecified atom stereocenters. The highest BCUT2D eigenvalue weighted by molar-refractivity contribution is 7.99. The van der Waals surface area contributed by atoms with Gasteiger partial charge in [-0.05, 0) is 25.0 Å². The van der Waals surface area contributed by atoms with Crippen LogP contribution in [-0.2, 0) is 19.4 Å². The molecular formula is C13H21N3OS. The van der Waals surface area contributed by atoms with Crippen molar-refractivity contribution in [2.45, 2.75) is 50.3 Å². The Morgan fingerprint density at radius 2 is 2.22 bits per heavy atom. The van der Waals surface area contributed by atoms with Crippen molar-refractivity contribution in [1.29, 1.82) is 0 Å². The van der Waals surface area contributed by atoms with Gasteiger partial charge in [-0.15, -0.1) is 10.2 Å². The molecule has 1 aromatic rings. The summed E-state index contributed by atoms with van der Waals surface area (Å²) in [7, 11) is 0. The molecule has 1 aromatic heterocycles. The van der Waals surface area contributed by atoms with Crippen LogP contribution in [0.3, 0.4) is 0 Å². The predicted octanol–water partition coefficient (Wildman–Crippen LogP) is 1.66. The summed E-state index contributed by atoms with van der Waals surface area (Å²) in [6.07, 6.45) is 7.11. The number of fused-ring (bicyclic) bond motifs is 1. The van der Waals surface area contributed by atoms with E-state index in [0.29, 0.717) is 5.92 Å². The molecule has 0 spiro atoms. The van der Waals surface area contributed by atoms with E-state index < -0.39 is 0 Å². The average Bonchev–Trinajstić information content (AvgIpc) is 2.82. The molecule has 3 heterocycles. The van der Waals surface area contributed by atoms with Gasteiger partial charge in [0.15, 0.2) is 0 Å². The van der Waals surface area contributed by atoms with Crippen LogP contribution in [0.25, 0.3) is 0 Å². The minimum absolute atomic E-state index is 0.287. The monoisotopic (exact) mass is 267 g/mol. The van der Waals surface area contributed by atoms with Gasteiger partial charge in [-0.3, -0.25) is 0 Å². The maximum Gasteiger partial charge on any atom is 0.134 e. The van der Waals surface area contributed by atoms with Crippen LogP contribution in [-0.4, -0.2) is 37.5 Å². The molecule has 2 aliphatic heterocycles. The van der Waals surface area contributed by atoms with Crippen molar-refractivity contribution in [3.63, 3.8) is 0 Å². The molecule has 0 aliphatic carbocycles. The summed E-state index contributed by atoms with van der Waals surface area (Å²) >= 11 is 2.09. The predicted molar refractivity (Wildman–Crippen MR) is 72.7 cm³/mol. The topological polar surface area (TPSA) is 50.9 Å². The molecule has 0 bridgehead atoms. The smallest absolute Gasteiger partial charge is 0.134 e. The lowest BCUT2D eigenvalue weighted by molar-refractivity contribution is 0.189. The number of aliphatic hydroxyl groups excluding tert-OH is 1. The fourth-order valence-corrected chi connectivity index (χ4v) is 4.23. The van der Waals surface area contributed by atoms with Crippen molar-refractivity contribution in [2.75, 3.05) is 12.4 Å². The zero-order valence-electron chi connectivity index (χ0n) is 10.7. The molecule has 1 N–H and O–H groups in total. The van der Waals surface area contributed by atoms with Crippen molar-refractivity contribution < 1.29 is 5.11 Å². The third kappa shape index (κ3) is 2.57. The highest BCUT2D eigenvalue weighted by Gasteiger charge is 2.24. The minimum Gasteiger partial charge on any atom is -0.396 e. The van der Waals surface area contributed by atoms with Crippen LogP contribution in [0.1, 0.15) is 37.3 Å². The third-order valence-corrected chi connectivity index (χ3v) is 5.46. The van der Waals surface area contributed by atoms with E-state index in [4.69, 9.17) is 0 Å². The van der Waals surface area contributed by atoms with Gasteiger partial charge in [0.05, 0.1) is 0 Å². The van der Waals surface area contributed by atoms with Gasteiger partial charge in [-0.2, -0.15) is 11.8 Å². The van der Waals surface area contributed by atoms with Crippen LogP contribution < -0.4 is 0 Å².